The zero-order chi connectivity index (χ0) is 9.68. The summed E-state index contributed by atoms with van der Waals surface area (Å²) in [6, 6.07) is 0.0428. The maximum Gasteiger partial charge on any atom is 0.250 e. The molecule has 0 aliphatic rings. The second-order valence-electron chi connectivity index (χ2n) is 2.77. The second kappa shape index (κ2) is 4.86. The number of aromatic nitrogens is 3. The van der Waals surface area contributed by atoms with Gasteiger partial charge in [0.2, 0.25) is 0 Å². The highest BCUT2D eigenvalue weighted by Gasteiger charge is 2.06. The van der Waals surface area contributed by atoms with Crippen molar-refractivity contribution in [3.63, 3.8) is 0 Å². The Morgan fingerprint density at radius 3 is 2.77 bits per heavy atom. The molecule has 4 nitrogen and oxygen atoms in total. The minimum Gasteiger partial charge on any atom is -0.309 e. The van der Waals surface area contributed by atoms with Gasteiger partial charge in [-0.1, -0.05) is 0 Å². The summed E-state index contributed by atoms with van der Waals surface area (Å²) < 4.78 is 25.1. The first-order valence-electron chi connectivity index (χ1n) is 4.03. The molecule has 74 valence electrons. The molecule has 1 N–H and O–H groups in total. The molecular formula is C7H12F2N4. The van der Waals surface area contributed by atoms with Crippen LogP contribution in [-0.2, 0) is 0 Å². The Hall–Kier alpha value is -1.04. The number of hydrogen-bond acceptors (Lipinski definition) is 3. The van der Waals surface area contributed by atoms with Crippen LogP contribution in [0.1, 0.15) is 13.0 Å². The molecule has 1 aromatic rings. The average molecular weight is 190 g/mol. The standard InChI is InChI=1S/C7H12F2N4/c1-6(2-10-3-7(8)9)13-5-11-4-12-13/h4-7,10H,2-3H2,1H3. The summed E-state index contributed by atoms with van der Waals surface area (Å²) in [5.41, 5.74) is 0. The Kier molecular flexibility index (Phi) is 3.75. The molecule has 6 heteroatoms. The monoisotopic (exact) mass is 190 g/mol. The molecule has 0 saturated carbocycles. The summed E-state index contributed by atoms with van der Waals surface area (Å²) in [5, 5.41) is 6.53. The zero-order valence-electron chi connectivity index (χ0n) is 7.32. The van der Waals surface area contributed by atoms with E-state index in [2.05, 4.69) is 15.4 Å². The molecule has 0 aliphatic carbocycles. The van der Waals surface area contributed by atoms with Crippen molar-refractivity contribution in [2.75, 3.05) is 13.1 Å². The van der Waals surface area contributed by atoms with Crippen LogP contribution in [0.5, 0.6) is 0 Å². The maximum absolute atomic E-state index is 11.7. The number of rotatable bonds is 5. The predicted molar refractivity (Wildman–Crippen MR) is 43.6 cm³/mol. The molecule has 1 unspecified atom stereocenters. The van der Waals surface area contributed by atoms with Gasteiger partial charge in [0, 0.05) is 6.54 Å². The van der Waals surface area contributed by atoms with Crippen LogP contribution in [0.3, 0.4) is 0 Å². The van der Waals surface area contributed by atoms with Gasteiger partial charge in [-0.05, 0) is 6.92 Å². The fourth-order valence-electron chi connectivity index (χ4n) is 0.940. The molecule has 0 radical (unpaired) electrons. The highest BCUT2D eigenvalue weighted by Crippen LogP contribution is 1.99. The van der Waals surface area contributed by atoms with Gasteiger partial charge in [-0.2, -0.15) is 5.10 Å². The van der Waals surface area contributed by atoms with Crippen LogP contribution in [0.4, 0.5) is 8.78 Å². The first-order chi connectivity index (χ1) is 6.20. The summed E-state index contributed by atoms with van der Waals surface area (Å²) in [6.07, 6.45) is 0.682. The molecule has 1 rings (SSSR count). The van der Waals surface area contributed by atoms with E-state index >= 15 is 0 Å². The van der Waals surface area contributed by atoms with Crippen LogP contribution in [0.15, 0.2) is 12.7 Å². The van der Waals surface area contributed by atoms with Crippen molar-refractivity contribution in [2.24, 2.45) is 0 Å². The van der Waals surface area contributed by atoms with E-state index in [-0.39, 0.29) is 12.6 Å². The maximum atomic E-state index is 11.7. The summed E-state index contributed by atoms with van der Waals surface area (Å²) in [5.74, 6) is 0. The van der Waals surface area contributed by atoms with Gasteiger partial charge in [-0.3, -0.25) is 0 Å². The largest absolute Gasteiger partial charge is 0.309 e. The van der Waals surface area contributed by atoms with Gasteiger partial charge < -0.3 is 5.32 Å². The van der Waals surface area contributed by atoms with Gasteiger partial charge in [0.1, 0.15) is 12.7 Å². The molecular weight excluding hydrogens is 178 g/mol. The third kappa shape index (κ3) is 3.45. The molecule has 0 bridgehead atoms. The number of nitrogens with zero attached hydrogens (tertiary/aromatic N) is 3. The van der Waals surface area contributed by atoms with Gasteiger partial charge in [0.05, 0.1) is 12.6 Å². The van der Waals surface area contributed by atoms with Gasteiger partial charge in [-0.15, -0.1) is 0 Å². The van der Waals surface area contributed by atoms with Crippen LogP contribution >= 0.6 is 0 Å². The summed E-state index contributed by atoms with van der Waals surface area (Å²) >= 11 is 0. The molecule has 1 aromatic heterocycles. The molecule has 0 aliphatic heterocycles. The van der Waals surface area contributed by atoms with Crippen molar-refractivity contribution in [1.29, 1.82) is 0 Å². The van der Waals surface area contributed by atoms with Gasteiger partial charge in [-0.25, -0.2) is 18.4 Å². The Balaban J connectivity index is 2.22. The lowest BCUT2D eigenvalue weighted by atomic mass is 10.3. The van der Waals surface area contributed by atoms with Gasteiger partial charge in [0.15, 0.2) is 0 Å². The summed E-state index contributed by atoms with van der Waals surface area (Å²) in [6.45, 7) is 2.07. The molecule has 0 spiro atoms. The predicted octanol–water partition coefficient (Wildman–Crippen LogP) is 0.694. The number of alkyl halides is 2. The normalized spacial score (nSPS) is 13.5. The van der Waals surface area contributed by atoms with Crippen LogP contribution in [-0.4, -0.2) is 34.3 Å². The van der Waals surface area contributed by atoms with Crippen molar-refractivity contribution in [2.45, 2.75) is 19.4 Å². The average Bonchev–Trinajstić information content (AvgIpc) is 2.55. The number of hydrogen-bond donors (Lipinski definition) is 1. The van der Waals surface area contributed by atoms with E-state index < -0.39 is 6.43 Å². The lowest BCUT2D eigenvalue weighted by Gasteiger charge is -2.11. The van der Waals surface area contributed by atoms with Crippen LogP contribution in [0.2, 0.25) is 0 Å². The smallest absolute Gasteiger partial charge is 0.250 e. The summed E-state index contributed by atoms with van der Waals surface area (Å²) in [4.78, 5) is 3.76. The SMILES string of the molecule is CC(CNCC(F)F)n1cncn1. The van der Waals surface area contributed by atoms with Crippen molar-refractivity contribution in [3.8, 4) is 0 Å². The third-order valence-electron chi connectivity index (χ3n) is 1.63. The zero-order valence-corrected chi connectivity index (χ0v) is 7.32. The first kappa shape index (κ1) is 10.0. The minimum absolute atomic E-state index is 0.0428. The van der Waals surface area contributed by atoms with E-state index in [0.717, 1.165) is 0 Å². The van der Waals surface area contributed by atoms with Crippen molar-refractivity contribution < 1.29 is 8.78 Å². The highest BCUT2D eigenvalue weighted by atomic mass is 19.3. The molecule has 0 amide bonds. The summed E-state index contributed by atoms with van der Waals surface area (Å²) in [7, 11) is 0. The molecule has 0 aromatic carbocycles. The quantitative estimate of drug-likeness (QED) is 0.743. The second-order valence-corrected chi connectivity index (χ2v) is 2.77. The molecule has 0 saturated heterocycles. The Morgan fingerprint density at radius 2 is 2.23 bits per heavy atom. The lowest BCUT2D eigenvalue weighted by molar-refractivity contribution is 0.144. The fraction of sp³-hybridized carbons (Fsp3) is 0.714. The van der Waals surface area contributed by atoms with Crippen LogP contribution in [0.25, 0.3) is 0 Å². The highest BCUT2D eigenvalue weighted by molar-refractivity contribution is 4.66. The number of halogens is 2. The Morgan fingerprint density at radius 1 is 1.46 bits per heavy atom. The number of nitrogens with one attached hydrogen (secondary N) is 1. The topological polar surface area (TPSA) is 42.7 Å². The van der Waals surface area contributed by atoms with Gasteiger partial charge >= 0.3 is 0 Å². The van der Waals surface area contributed by atoms with E-state index in [0.29, 0.717) is 6.54 Å². The minimum atomic E-state index is -2.30. The van der Waals surface area contributed by atoms with Crippen molar-refractivity contribution in [3.05, 3.63) is 12.7 Å². The van der Waals surface area contributed by atoms with Crippen molar-refractivity contribution >= 4 is 0 Å². The van der Waals surface area contributed by atoms with Crippen molar-refractivity contribution in [1.82, 2.24) is 20.1 Å². The molecule has 1 atom stereocenters. The van der Waals surface area contributed by atoms with E-state index in [1.807, 2.05) is 6.92 Å². The van der Waals surface area contributed by atoms with E-state index in [1.54, 1.807) is 11.0 Å². The van der Waals surface area contributed by atoms with E-state index in [1.165, 1.54) is 6.33 Å². The molecule has 0 fully saturated rings. The van der Waals surface area contributed by atoms with Gasteiger partial charge in [0.25, 0.3) is 6.43 Å². The van der Waals surface area contributed by atoms with Crippen LogP contribution < -0.4 is 5.32 Å². The molecule has 13 heavy (non-hydrogen) atoms. The molecule has 1 heterocycles. The Labute approximate surface area is 75.0 Å². The van der Waals surface area contributed by atoms with E-state index in [4.69, 9.17) is 0 Å². The first-order valence-corrected chi connectivity index (χ1v) is 4.03. The van der Waals surface area contributed by atoms with Crippen LogP contribution in [0, 0.1) is 0 Å². The lowest BCUT2D eigenvalue weighted by Crippen LogP contribution is -2.28. The van der Waals surface area contributed by atoms with E-state index in [9.17, 15) is 8.78 Å². The Bertz CT molecular complexity index is 224. The fourth-order valence-corrected chi connectivity index (χ4v) is 0.940. The third-order valence-corrected chi connectivity index (χ3v) is 1.63.